The van der Waals surface area contributed by atoms with Gasteiger partial charge in [-0.15, -0.1) is 0 Å². The fourth-order valence-corrected chi connectivity index (χ4v) is 11.8. The SMILES string of the molecule is C/C=C(/C)C(=O)O[C@H]1CC[C@@]2(C)[C@@H]3CC[C@H]4[C@]5(O)C[C@H](O)[C@@]6(O)[C@@H](CN7C[C@@H](C)CC[C@H]7[C@@]6(C)O)[C@]5(O)C[C@]42O[C@]13O.O=S(=O)(O)O. The molecular formula is C32H51NO13S. The van der Waals surface area contributed by atoms with Gasteiger partial charge >= 0.3 is 16.4 Å². The minimum absolute atomic E-state index is 0.0606. The molecule has 0 radical (unpaired) electrons. The summed E-state index contributed by atoms with van der Waals surface area (Å²) >= 11 is 0. The van der Waals surface area contributed by atoms with E-state index in [2.05, 4.69) is 11.8 Å². The van der Waals surface area contributed by atoms with Gasteiger partial charge in [-0.1, -0.05) is 19.9 Å². The molecule has 14 atom stereocenters. The lowest BCUT2D eigenvalue weighted by Crippen LogP contribution is -2.85. The molecular weight excluding hydrogens is 638 g/mol. The molecule has 0 aromatic carbocycles. The summed E-state index contributed by atoms with van der Waals surface area (Å²) in [5, 5.41) is 73.9. The lowest BCUT2D eigenvalue weighted by Gasteiger charge is -2.68. The van der Waals surface area contributed by atoms with Gasteiger partial charge in [0.05, 0.1) is 11.7 Å². The second-order valence-electron chi connectivity index (χ2n) is 16.1. The number of hydrogen-bond acceptors (Lipinski definition) is 12. The first-order valence-electron chi connectivity index (χ1n) is 16.7. The standard InChI is InChI=1S/C32H49NO9.H2O4S/c1-6-18(3)25(35)41-24-11-12-26(4)19-8-9-20-28(37)13-23(34)31(39)21(29(28,38)16-30(20,26)42-32(19,24)40)15-33-14-17(2)7-10-22(33)27(31,5)36;1-5(2,3)4/h6,17,19-24,34,36-40H,7-16H2,1-5H3;(H2,1,2,3,4)/b18-6-;/t17-,19-,20-,21-,22-,23-,24-,26-,27+,28+,29+,30-,31-,32-;/m0./s1. The zero-order valence-electron chi connectivity index (χ0n) is 27.7. The summed E-state index contributed by atoms with van der Waals surface area (Å²) in [6, 6.07) is -0.387. The minimum Gasteiger partial charge on any atom is -0.453 e. The van der Waals surface area contributed by atoms with Gasteiger partial charge in [0, 0.05) is 60.7 Å². The molecule has 47 heavy (non-hydrogen) atoms. The largest absolute Gasteiger partial charge is 0.453 e. The number of allylic oxidation sites excluding steroid dienone is 1. The number of aliphatic hydroxyl groups is 6. The Labute approximate surface area is 275 Å². The van der Waals surface area contributed by atoms with E-state index in [0.29, 0.717) is 50.1 Å². The number of esters is 1. The van der Waals surface area contributed by atoms with Crippen LogP contribution in [0.3, 0.4) is 0 Å². The first-order valence-corrected chi connectivity index (χ1v) is 18.1. The average Bonchev–Trinajstić information content (AvgIpc) is 3.12. The van der Waals surface area contributed by atoms with Crippen LogP contribution >= 0.6 is 0 Å². The Bertz CT molecular complexity index is 1450. The van der Waals surface area contributed by atoms with Crippen LogP contribution in [0, 0.1) is 29.1 Å². The van der Waals surface area contributed by atoms with Crippen molar-refractivity contribution in [3.8, 4) is 0 Å². The molecule has 268 valence electrons. The van der Waals surface area contributed by atoms with E-state index in [4.69, 9.17) is 27.0 Å². The van der Waals surface area contributed by atoms with E-state index >= 15 is 0 Å². The highest BCUT2D eigenvalue weighted by molar-refractivity contribution is 7.79. The number of ether oxygens (including phenoxy) is 2. The molecule has 0 unspecified atom stereocenters. The van der Waals surface area contributed by atoms with Crippen LogP contribution in [0.5, 0.6) is 0 Å². The van der Waals surface area contributed by atoms with Crippen molar-refractivity contribution < 1.29 is 62.4 Å². The number of carbonyl (C=O) groups excluding carboxylic acids is 1. The Morgan fingerprint density at radius 1 is 0.936 bits per heavy atom. The zero-order chi connectivity index (χ0) is 35.0. The normalized spacial score (nSPS) is 55.1. The lowest BCUT2D eigenvalue weighted by molar-refractivity contribution is -0.354. The maximum atomic E-state index is 12.9. The molecule has 0 aromatic rings. The van der Waals surface area contributed by atoms with E-state index in [0.717, 1.165) is 6.42 Å². The van der Waals surface area contributed by atoms with E-state index in [1.54, 1.807) is 26.8 Å². The fourth-order valence-electron chi connectivity index (χ4n) is 11.8. The highest BCUT2D eigenvalue weighted by atomic mass is 32.3. The lowest BCUT2D eigenvalue weighted by atomic mass is 9.49. The van der Waals surface area contributed by atoms with Crippen LogP contribution in [-0.2, 0) is 24.7 Å². The molecule has 3 aliphatic heterocycles. The molecule has 7 rings (SSSR count). The van der Waals surface area contributed by atoms with Crippen LogP contribution in [0.15, 0.2) is 11.6 Å². The number of nitrogens with zero attached hydrogens (tertiary/aromatic N) is 1. The van der Waals surface area contributed by atoms with Crippen LogP contribution in [0.2, 0.25) is 0 Å². The van der Waals surface area contributed by atoms with Crippen molar-refractivity contribution in [2.75, 3.05) is 13.1 Å². The summed E-state index contributed by atoms with van der Waals surface area (Å²) in [7, 11) is -4.67. The van der Waals surface area contributed by atoms with E-state index in [1.165, 1.54) is 0 Å². The third kappa shape index (κ3) is 4.51. The van der Waals surface area contributed by atoms with Crippen molar-refractivity contribution in [2.45, 2.75) is 138 Å². The van der Waals surface area contributed by atoms with Gasteiger partial charge in [0.15, 0.2) is 6.10 Å². The Morgan fingerprint density at radius 3 is 2.17 bits per heavy atom. The monoisotopic (exact) mass is 689 g/mol. The molecule has 0 amide bonds. The van der Waals surface area contributed by atoms with Crippen LogP contribution in [0.1, 0.15) is 86.0 Å². The Kier molecular flexibility index (Phi) is 8.05. The van der Waals surface area contributed by atoms with Crippen molar-refractivity contribution >= 4 is 16.4 Å². The van der Waals surface area contributed by atoms with Crippen molar-refractivity contribution in [3.63, 3.8) is 0 Å². The van der Waals surface area contributed by atoms with E-state index in [1.807, 2.05) is 6.92 Å². The number of aliphatic hydroxyl groups excluding tert-OH is 1. The third-order valence-corrected chi connectivity index (χ3v) is 14.1. The minimum atomic E-state index is -4.67. The number of fused-ring (bicyclic) bond motifs is 5. The second-order valence-corrected chi connectivity index (χ2v) is 17.0. The van der Waals surface area contributed by atoms with E-state index in [-0.39, 0.29) is 25.4 Å². The van der Waals surface area contributed by atoms with Gasteiger partial charge < -0.3 is 40.1 Å². The summed E-state index contributed by atoms with van der Waals surface area (Å²) in [5.41, 5.74) is -8.96. The molecule has 3 heterocycles. The number of rotatable bonds is 2. The summed E-state index contributed by atoms with van der Waals surface area (Å²) in [6.07, 6.45) is 2.30. The summed E-state index contributed by atoms with van der Waals surface area (Å²) in [6.45, 7) is 10.1. The van der Waals surface area contributed by atoms with Crippen LogP contribution < -0.4 is 0 Å². The van der Waals surface area contributed by atoms with Gasteiger partial charge in [0.2, 0.25) is 5.79 Å². The molecule has 15 heteroatoms. The van der Waals surface area contributed by atoms with Crippen molar-refractivity contribution in [2.24, 2.45) is 29.1 Å². The zero-order valence-corrected chi connectivity index (χ0v) is 28.5. The Hall–Kier alpha value is -1.24. The van der Waals surface area contributed by atoms with E-state index in [9.17, 15) is 35.4 Å². The molecule has 4 bridgehead atoms. The number of piperidine rings is 2. The van der Waals surface area contributed by atoms with Gasteiger partial charge in [-0.3, -0.25) is 14.0 Å². The number of hydrogen-bond donors (Lipinski definition) is 8. The third-order valence-electron chi connectivity index (χ3n) is 14.1. The molecule has 7 fully saturated rings. The maximum absolute atomic E-state index is 12.9. The van der Waals surface area contributed by atoms with Crippen LogP contribution in [-0.4, -0.2) is 124 Å². The molecule has 8 N–H and O–H groups in total. The van der Waals surface area contributed by atoms with Gasteiger partial charge in [-0.05, 0) is 65.2 Å². The van der Waals surface area contributed by atoms with Gasteiger partial charge in [-0.2, -0.15) is 8.42 Å². The predicted octanol–water partition coefficient (Wildman–Crippen LogP) is 0.338. The Morgan fingerprint density at radius 2 is 1.55 bits per heavy atom. The maximum Gasteiger partial charge on any atom is 0.394 e. The van der Waals surface area contributed by atoms with Crippen LogP contribution in [0.4, 0.5) is 0 Å². The fraction of sp³-hybridized carbons (Fsp3) is 0.906. The highest BCUT2D eigenvalue weighted by Gasteiger charge is 2.88. The van der Waals surface area contributed by atoms with Crippen molar-refractivity contribution in [1.82, 2.24) is 4.90 Å². The number of carbonyl (C=O) groups is 1. The van der Waals surface area contributed by atoms with Crippen LogP contribution in [0.25, 0.3) is 0 Å². The van der Waals surface area contributed by atoms with Gasteiger partial charge in [0.1, 0.15) is 22.4 Å². The highest BCUT2D eigenvalue weighted by Crippen LogP contribution is 2.78. The average molecular weight is 690 g/mol. The molecule has 4 saturated carbocycles. The molecule has 7 aliphatic rings. The van der Waals surface area contributed by atoms with Crippen molar-refractivity contribution in [3.05, 3.63) is 11.6 Å². The summed E-state index contributed by atoms with van der Waals surface area (Å²) < 4.78 is 44.2. The first kappa shape index (κ1) is 35.6. The van der Waals surface area contributed by atoms with Gasteiger partial charge in [-0.25, -0.2) is 4.79 Å². The van der Waals surface area contributed by atoms with E-state index < -0.39 is 85.5 Å². The molecule has 4 aliphatic carbocycles. The topological polar surface area (TPSA) is 235 Å². The molecule has 3 saturated heterocycles. The summed E-state index contributed by atoms with van der Waals surface area (Å²) in [4.78, 5) is 14.9. The predicted molar refractivity (Wildman–Crippen MR) is 164 cm³/mol. The quantitative estimate of drug-likeness (QED) is 0.111. The molecule has 14 nitrogen and oxygen atoms in total. The molecule has 1 spiro atoms. The molecule has 0 aromatic heterocycles. The summed E-state index contributed by atoms with van der Waals surface area (Å²) in [5.74, 6) is -4.05. The smallest absolute Gasteiger partial charge is 0.394 e. The van der Waals surface area contributed by atoms with Gasteiger partial charge in [0.25, 0.3) is 0 Å². The second kappa shape index (κ2) is 10.6. The first-order chi connectivity index (χ1) is 21.5. The Balaban J connectivity index is 0.000000720. The van der Waals surface area contributed by atoms with Crippen molar-refractivity contribution in [1.29, 1.82) is 0 Å².